The largest absolute Gasteiger partial charge is 0.463 e. The maximum absolute atomic E-state index is 5.89. The molecule has 3 rings (SSSR count). The molecule has 0 radical (unpaired) electrons. The second-order valence-electron chi connectivity index (χ2n) is 3.80. The van der Waals surface area contributed by atoms with Crippen molar-refractivity contribution in [1.82, 2.24) is 0 Å². The van der Waals surface area contributed by atoms with Crippen LogP contribution in [0, 0.1) is 0 Å². The van der Waals surface area contributed by atoms with Crippen LogP contribution in [0.2, 0.25) is 0 Å². The third kappa shape index (κ3) is 1.20. The summed E-state index contributed by atoms with van der Waals surface area (Å²) in [5.41, 5.74) is 1.42. The van der Waals surface area contributed by atoms with E-state index in [2.05, 4.69) is 15.9 Å². The summed E-state index contributed by atoms with van der Waals surface area (Å²) in [4.78, 5) is 0. The van der Waals surface area contributed by atoms with Crippen LogP contribution in [0.25, 0.3) is 0 Å². The first-order valence-electron chi connectivity index (χ1n) is 4.74. The Hall–Kier alpha value is 0.110. The van der Waals surface area contributed by atoms with Crippen molar-refractivity contribution in [3.05, 3.63) is 21.6 Å². The Balaban J connectivity index is 2.01. The highest BCUT2D eigenvalue weighted by Gasteiger charge is 2.30. The highest BCUT2D eigenvalue weighted by atomic mass is 79.9. The van der Waals surface area contributed by atoms with Crippen molar-refractivity contribution in [3.63, 3.8) is 0 Å². The summed E-state index contributed by atoms with van der Waals surface area (Å²) in [6.45, 7) is 0. The molecule has 3 heteroatoms. The molecule has 13 heavy (non-hydrogen) atoms. The first kappa shape index (κ1) is 8.42. The number of furan rings is 1. The smallest absolute Gasteiger partial charge is 0.121 e. The summed E-state index contributed by atoms with van der Waals surface area (Å²) in [5, 5.41) is 0. The molecule has 2 aliphatic rings. The molecule has 1 nitrogen and oxygen atoms in total. The molecule has 0 atom stereocenters. The lowest BCUT2D eigenvalue weighted by Crippen LogP contribution is -2.08. The lowest BCUT2D eigenvalue weighted by molar-refractivity contribution is 0.337. The van der Waals surface area contributed by atoms with Crippen molar-refractivity contribution < 1.29 is 4.42 Å². The molecule has 70 valence electrons. The van der Waals surface area contributed by atoms with Crippen LogP contribution in [-0.2, 0) is 11.5 Å². The van der Waals surface area contributed by atoms with E-state index in [1.807, 2.05) is 11.8 Å². The van der Waals surface area contributed by atoms with E-state index in [-0.39, 0.29) is 0 Å². The molecule has 1 aromatic rings. The molecule has 2 heterocycles. The zero-order valence-electron chi connectivity index (χ0n) is 7.31. The molecule has 1 aliphatic heterocycles. The lowest BCUT2D eigenvalue weighted by Gasteiger charge is -2.23. The van der Waals surface area contributed by atoms with E-state index >= 15 is 0 Å². The third-order valence-electron chi connectivity index (χ3n) is 3.01. The van der Waals surface area contributed by atoms with E-state index in [0.29, 0.717) is 5.92 Å². The van der Waals surface area contributed by atoms with E-state index in [1.54, 1.807) is 0 Å². The Morgan fingerprint density at radius 3 is 2.77 bits per heavy atom. The molecule has 0 unspecified atom stereocenters. The van der Waals surface area contributed by atoms with Crippen LogP contribution in [0.15, 0.2) is 8.89 Å². The average molecular weight is 259 g/mol. The Kier molecular flexibility index (Phi) is 1.98. The second kappa shape index (κ2) is 3.06. The summed E-state index contributed by atoms with van der Waals surface area (Å²) in [5.74, 6) is 5.37. The van der Waals surface area contributed by atoms with Crippen molar-refractivity contribution in [2.75, 3.05) is 0 Å². The van der Waals surface area contributed by atoms with Gasteiger partial charge in [0.25, 0.3) is 0 Å². The molecule has 0 N–H and O–H groups in total. The number of halogens is 1. The highest BCUT2D eigenvalue weighted by molar-refractivity contribution is 9.10. The van der Waals surface area contributed by atoms with Crippen LogP contribution in [0.1, 0.15) is 42.3 Å². The highest BCUT2D eigenvalue weighted by Crippen LogP contribution is 2.46. The molecule has 0 bridgehead atoms. The molecule has 1 aliphatic carbocycles. The van der Waals surface area contributed by atoms with Gasteiger partial charge in [0.1, 0.15) is 11.5 Å². The predicted molar refractivity (Wildman–Crippen MR) is 58.0 cm³/mol. The van der Waals surface area contributed by atoms with Crippen molar-refractivity contribution in [3.8, 4) is 0 Å². The van der Waals surface area contributed by atoms with Gasteiger partial charge in [-0.05, 0) is 28.8 Å². The standard InChI is InChI=1S/C10H11BrOS/c11-9-7-4-13-5-8(7)12-10(9)6-2-1-3-6/h6H,1-5H2. The topological polar surface area (TPSA) is 13.1 Å². The Morgan fingerprint density at radius 1 is 1.31 bits per heavy atom. The Labute approximate surface area is 90.4 Å². The van der Waals surface area contributed by atoms with Crippen molar-refractivity contribution in [2.45, 2.75) is 36.7 Å². The van der Waals surface area contributed by atoms with Gasteiger partial charge in [0, 0.05) is 17.2 Å². The molecule has 0 amide bonds. The fraction of sp³-hybridized carbons (Fsp3) is 0.600. The van der Waals surface area contributed by atoms with E-state index in [9.17, 15) is 0 Å². The minimum absolute atomic E-state index is 0.713. The zero-order chi connectivity index (χ0) is 8.84. The third-order valence-corrected chi connectivity index (χ3v) is 4.84. The molecule has 0 spiro atoms. The van der Waals surface area contributed by atoms with Gasteiger partial charge in [0.15, 0.2) is 0 Å². The fourth-order valence-corrected chi connectivity index (χ4v) is 3.93. The zero-order valence-corrected chi connectivity index (χ0v) is 9.71. The van der Waals surface area contributed by atoms with Crippen LogP contribution in [0.3, 0.4) is 0 Å². The fourth-order valence-electron chi connectivity index (χ4n) is 1.95. The Bertz CT molecular complexity index is 341. The predicted octanol–water partition coefficient (Wildman–Crippen LogP) is 4.06. The molecular weight excluding hydrogens is 248 g/mol. The van der Waals surface area contributed by atoms with Gasteiger partial charge < -0.3 is 4.42 Å². The van der Waals surface area contributed by atoms with Gasteiger partial charge in [0.2, 0.25) is 0 Å². The molecule has 0 saturated heterocycles. The van der Waals surface area contributed by atoms with Gasteiger partial charge in [-0.2, -0.15) is 0 Å². The maximum atomic E-state index is 5.89. The lowest BCUT2D eigenvalue weighted by atomic mass is 9.83. The molecule has 1 saturated carbocycles. The quantitative estimate of drug-likeness (QED) is 0.754. The first-order valence-corrected chi connectivity index (χ1v) is 6.68. The minimum atomic E-state index is 0.713. The van der Waals surface area contributed by atoms with E-state index in [4.69, 9.17) is 4.42 Å². The monoisotopic (exact) mass is 258 g/mol. The van der Waals surface area contributed by atoms with E-state index < -0.39 is 0 Å². The summed E-state index contributed by atoms with van der Waals surface area (Å²) in [6.07, 6.45) is 4.01. The first-order chi connectivity index (χ1) is 6.36. The minimum Gasteiger partial charge on any atom is -0.463 e. The van der Waals surface area contributed by atoms with Crippen LogP contribution < -0.4 is 0 Å². The number of hydrogen-bond acceptors (Lipinski definition) is 2. The van der Waals surface area contributed by atoms with Crippen molar-refractivity contribution >= 4 is 27.7 Å². The normalized spacial score (nSPS) is 21.6. The Morgan fingerprint density at radius 2 is 2.15 bits per heavy atom. The SMILES string of the molecule is Brc1c(C2CCC2)oc2c1CSC2. The van der Waals surface area contributed by atoms with E-state index in [1.165, 1.54) is 40.8 Å². The number of fused-ring (bicyclic) bond motifs is 1. The molecule has 0 aromatic carbocycles. The number of thioether (sulfide) groups is 1. The molecule has 1 fully saturated rings. The van der Waals surface area contributed by atoms with Gasteiger partial charge in [0.05, 0.1) is 10.2 Å². The van der Waals surface area contributed by atoms with Crippen LogP contribution >= 0.6 is 27.7 Å². The average Bonchev–Trinajstić information content (AvgIpc) is 2.54. The van der Waals surface area contributed by atoms with Gasteiger partial charge in [-0.25, -0.2) is 0 Å². The second-order valence-corrected chi connectivity index (χ2v) is 5.58. The van der Waals surface area contributed by atoms with Crippen molar-refractivity contribution in [1.29, 1.82) is 0 Å². The summed E-state index contributed by atoms with van der Waals surface area (Å²) < 4.78 is 7.17. The summed E-state index contributed by atoms with van der Waals surface area (Å²) >= 11 is 5.62. The van der Waals surface area contributed by atoms with Crippen molar-refractivity contribution in [2.24, 2.45) is 0 Å². The van der Waals surface area contributed by atoms with Crippen LogP contribution in [0.5, 0.6) is 0 Å². The maximum Gasteiger partial charge on any atom is 0.121 e. The summed E-state index contributed by atoms with van der Waals surface area (Å²) in [7, 11) is 0. The van der Waals surface area contributed by atoms with Crippen LogP contribution in [0.4, 0.5) is 0 Å². The van der Waals surface area contributed by atoms with Gasteiger partial charge in [-0.3, -0.25) is 0 Å². The number of rotatable bonds is 1. The van der Waals surface area contributed by atoms with Crippen LogP contribution in [-0.4, -0.2) is 0 Å². The summed E-state index contributed by atoms with van der Waals surface area (Å²) in [6, 6.07) is 0. The van der Waals surface area contributed by atoms with Gasteiger partial charge in [-0.15, -0.1) is 11.8 Å². The number of hydrogen-bond donors (Lipinski definition) is 0. The molecule has 1 aromatic heterocycles. The van der Waals surface area contributed by atoms with E-state index in [0.717, 1.165) is 11.5 Å². The van der Waals surface area contributed by atoms with Gasteiger partial charge in [-0.1, -0.05) is 6.42 Å². The van der Waals surface area contributed by atoms with Gasteiger partial charge >= 0.3 is 0 Å². The molecular formula is C10H11BrOS.